The van der Waals surface area contributed by atoms with E-state index in [-0.39, 0.29) is 36.5 Å². The molecule has 192 valence electrons. The first-order chi connectivity index (χ1) is 18.4. The standard InChI is InChI=1S/C26H23FN8O3/c1-34-13-19(11-31-34)18-7-17(8-20(27)9-18)10-28-25(36)23-22-24(30-15-29-23)33-21(32-22)14-35(26(37)38)12-16-5-3-2-4-6-16/h2-9,11,13,15H,10,12,14H2,1H3,(H,28,36)(H,37,38)(H,29,30,32,33). The second kappa shape index (κ2) is 10.5. The van der Waals surface area contributed by atoms with Crippen molar-refractivity contribution in [3.63, 3.8) is 0 Å². The van der Waals surface area contributed by atoms with Gasteiger partial charge in [0.05, 0.1) is 12.7 Å². The topological polar surface area (TPSA) is 142 Å². The molecule has 0 radical (unpaired) electrons. The highest BCUT2D eigenvalue weighted by atomic mass is 19.1. The number of benzene rings is 2. The van der Waals surface area contributed by atoms with Gasteiger partial charge in [0.15, 0.2) is 11.3 Å². The van der Waals surface area contributed by atoms with E-state index in [1.54, 1.807) is 30.2 Å². The molecule has 0 atom stereocenters. The van der Waals surface area contributed by atoms with Crippen molar-refractivity contribution in [3.8, 4) is 11.1 Å². The Morgan fingerprint density at radius 2 is 1.89 bits per heavy atom. The number of rotatable bonds is 8. The summed E-state index contributed by atoms with van der Waals surface area (Å²) in [4.78, 5) is 41.5. The van der Waals surface area contributed by atoms with Gasteiger partial charge in [-0.15, -0.1) is 0 Å². The maximum absolute atomic E-state index is 14.3. The van der Waals surface area contributed by atoms with Crippen LogP contribution >= 0.6 is 0 Å². The van der Waals surface area contributed by atoms with E-state index in [0.717, 1.165) is 11.1 Å². The quantitative estimate of drug-likeness (QED) is 0.288. The number of fused-ring (bicyclic) bond motifs is 1. The summed E-state index contributed by atoms with van der Waals surface area (Å²) in [6, 6.07) is 13.7. The molecule has 0 bridgehead atoms. The van der Waals surface area contributed by atoms with Crippen molar-refractivity contribution in [1.29, 1.82) is 0 Å². The Hall–Kier alpha value is -5.13. The lowest BCUT2D eigenvalue weighted by Gasteiger charge is -2.17. The SMILES string of the molecule is Cn1cc(-c2cc(F)cc(CNC(=O)c3ncnc4nc(CN(Cc5ccccc5)C(=O)O)[nH]c34)c2)cn1. The van der Waals surface area contributed by atoms with Gasteiger partial charge in [0.2, 0.25) is 0 Å². The minimum Gasteiger partial charge on any atom is -0.465 e. The van der Waals surface area contributed by atoms with Crippen LogP contribution in [0.25, 0.3) is 22.3 Å². The molecule has 12 heteroatoms. The van der Waals surface area contributed by atoms with E-state index in [1.807, 2.05) is 30.3 Å². The Balaban J connectivity index is 1.32. The molecule has 2 aromatic carbocycles. The number of aromatic nitrogens is 6. The second-order valence-electron chi connectivity index (χ2n) is 8.66. The molecule has 38 heavy (non-hydrogen) atoms. The molecular weight excluding hydrogens is 491 g/mol. The first kappa shape index (κ1) is 24.6. The second-order valence-corrected chi connectivity index (χ2v) is 8.66. The number of halogens is 1. The number of hydrogen-bond acceptors (Lipinski definition) is 6. The summed E-state index contributed by atoms with van der Waals surface area (Å²) in [5.74, 6) is -0.630. The van der Waals surface area contributed by atoms with Crippen LogP contribution in [0, 0.1) is 5.82 Å². The number of nitrogens with zero attached hydrogens (tertiary/aromatic N) is 6. The Morgan fingerprint density at radius 3 is 2.63 bits per heavy atom. The fourth-order valence-corrected chi connectivity index (χ4v) is 4.05. The predicted octanol–water partition coefficient (Wildman–Crippen LogP) is 3.50. The summed E-state index contributed by atoms with van der Waals surface area (Å²) in [5, 5.41) is 16.5. The summed E-state index contributed by atoms with van der Waals surface area (Å²) >= 11 is 0. The number of nitrogens with one attached hydrogen (secondary N) is 2. The molecule has 0 aliphatic carbocycles. The molecule has 0 unspecified atom stereocenters. The van der Waals surface area contributed by atoms with Crippen molar-refractivity contribution >= 4 is 23.2 Å². The third-order valence-electron chi connectivity index (χ3n) is 5.83. The van der Waals surface area contributed by atoms with E-state index in [2.05, 4.69) is 30.4 Å². The van der Waals surface area contributed by atoms with Gasteiger partial charge in [0.25, 0.3) is 5.91 Å². The largest absolute Gasteiger partial charge is 0.465 e. The summed E-state index contributed by atoms with van der Waals surface area (Å²) < 4.78 is 15.9. The molecule has 3 heterocycles. The summed E-state index contributed by atoms with van der Waals surface area (Å²) in [7, 11) is 1.77. The zero-order chi connectivity index (χ0) is 26.6. The number of carboxylic acid groups (broad SMARTS) is 1. The van der Waals surface area contributed by atoms with Gasteiger partial charge >= 0.3 is 6.09 Å². The molecule has 0 aliphatic heterocycles. The van der Waals surface area contributed by atoms with Crippen molar-refractivity contribution < 1.29 is 19.1 Å². The first-order valence-corrected chi connectivity index (χ1v) is 11.6. The lowest BCUT2D eigenvalue weighted by molar-refractivity contribution is 0.0947. The van der Waals surface area contributed by atoms with Gasteiger partial charge in [-0.2, -0.15) is 5.10 Å². The van der Waals surface area contributed by atoms with Crippen LogP contribution in [0.15, 0.2) is 67.3 Å². The third kappa shape index (κ3) is 5.48. The molecule has 0 fully saturated rings. The van der Waals surface area contributed by atoms with E-state index in [9.17, 15) is 19.1 Å². The number of hydrogen-bond donors (Lipinski definition) is 3. The van der Waals surface area contributed by atoms with Crippen molar-refractivity contribution in [1.82, 2.24) is 39.9 Å². The normalized spacial score (nSPS) is 11.0. The van der Waals surface area contributed by atoms with Crippen LogP contribution in [0.3, 0.4) is 0 Å². The van der Waals surface area contributed by atoms with Crippen molar-refractivity contribution in [2.45, 2.75) is 19.6 Å². The molecule has 0 spiro atoms. The fourth-order valence-electron chi connectivity index (χ4n) is 4.05. The minimum atomic E-state index is -1.11. The van der Waals surface area contributed by atoms with Crippen LogP contribution < -0.4 is 5.32 Å². The van der Waals surface area contributed by atoms with Gasteiger partial charge in [-0.1, -0.05) is 30.3 Å². The van der Waals surface area contributed by atoms with Crippen LogP contribution in [-0.2, 0) is 26.7 Å². The van der Waals surface area contributed by atoms with Crippen LogP contribution in [0.4, 0.5) is 9.18 Å². The molecule has 0 aliphatic rings. The smallest absolute Gasteiger partial charge is 0.408 e. The fraction of sp³-hybridized carbons (Fsp3) is 0.154. The van der Waals surface area contributed by atoms with Gasteiger partial charge < -0.3 is 15.4 Å². The maximum atomic E-state index is 14.3. The molecule has 2 amide bonds. The molecule has 3 aromatic heterocycles. The van der Waals surface area contributed by atoms with Gasteiger partial charge in [-0.25, -0.2) is 24.1 Å². The monoisotopic (exact) mass is 514 g/mol. The number of imidazole rings is 1. The van der Waals surface area contributed by atoms with Gasteiger partial charge in [-0.05, 0) is 34.9 Å². The maximum Gasteiger partial charge on any atom is 0.408 e. The van der Waals surface area contributed by atoms with E-state index in [4.69, 9.17) is 0 Å². The summed E-state index contributed by atoms with van der Waals surface area (Å²) in [6.07, 6.45) is 3.51. The summed E-state index contributed by atoms with van der Waals surface area (Å²) in [5.41, 5.74) is 3.34. The number of carbonyl (C=O) groups excluding carboxylic acids is 1. The number of carbonyl (C=O) groups is 2. The van der Waals surface area contributed by atoms with Gasteiger partial charge in [-0.3, -0.25) is 14.4 Å². The highest BCUT2D eigenvalue weighted by Crippen LogP contribution is 2.22. The van der Waals surface area contributed by atoms with Crippen LogP contribution in [0.5, 0.6) is 0 Å². The zero-order valence-electron chi connectivity index (χ0n) is 20.3. The molecule has 11 nitrogen and oxygen atoms in total. The number of H-pyrrole nitrogens is 1. The highest BCUT2D eigenvalue weighted by molar-refractivity contribution is 6.02. The minimum absolute atomic E-state index is 0.0396. The van der Waals surface area contributed by atoms with Crippen molar-refractivity contribution in [2.24, 2.45) is 7.05 Å². The predicted molar refractivity (Wildman–Crippen MR) is 135 cm³/mol. The van der Waals surface area contributed by atoms with Crippen LogP contribution in [0.2, 0.25) is 0 Å². The van der Waals surface area contributed by atoms with E-state index in [1.165, 1.54) is 23.4 Å². The number of amides is 2. The van der Waals surface area contributed by atoms with Gasteiger partial charge in [0, 0.05) is 31.9 Å². The van der Waals surface area contributed by atoms with Crippen molar-refractivity contribution in [2.75, 3.05) is 0 Å². The molecule has 0 saturated carbocycles. The Kier molecular flexibility index (Phi) is 6.76. The average Bonchev–Trinajstić information content (AvgIpc) is 3.52. The van der Waals surface area contributed by atoms with Crippen molar-refractivity contribution in [3.05, 3.63) is 95.7 Å². The first-order valence-electron chi connectivity index (χ1n) is 11.6. The lowest BCUT2D eigenvalue weighted by atomic mass is 10.1. The van der Waals surface area contributed by atoms with Gasteiger partial charge in [0.1, 0.15) is 23.5 Å². The van der Waals surface area contributed by atoms with Crippen LogP contribution in [-0.4, -0.2) is 51.7 Å². The van der Waals surface area contributed by atoms with E-state index in [0.29, 0.717) is 17.0 Å². The Labute approximate surface area is 216 Å². The van der Waals surface area contributed by atoms with E-state index >= 15 is 0 Å². The number of aryl methyl sites for hydroxylation is 1. The van der Waals surface area contributed by atoms with E-state index < -0.39 is 17.8 Å². The molecular formula is C26H23FN8O3. The Morgan fingerprint density at radius 1 is 1.08 bits per heavy atom. The molecule has 5 rings (SSSR count). The molecule has 5 aromatic rings. The highest BCUT2D eigenvalue weighted by Gasteiger charge is 2.19. The Bertz CT molecular complexity index is 1620. The molecule has 0 saturated heterocycles. The third-order valence-corrected chi connectivity index (χ3v) is 5.83. The lowest BCUT2D eigenvalue weighted by Crippen LogP contribution is -2.28. The summed E-state index contributed by atoms with van der Waals surface area (Å²) in [6.45, 7) is 0.184. The average molecular weight is 515 g/mol. The van der Waals surface area contributed by atoms with Crippen LogP contribution in [0.1, 0.15) is 27.4 Å². The zero-order valence-corrected chi connectivity index (χ0v) is 20.3. The molecule has 3 N–H and O–H groups in total. The number of aromatic amines is 1.